The van der Waals surface area contributed by atoms with Crippen molar-refractivity contribution in [3.05, 3.63) is 23.2 Å². The van der Waals surface area contributed by atoms with Crippen LogP contribution in [0.4, 0.5) is 5.13 Å². The van der Waals surface area contributed by atoms with E-state index in [4.69, 9.17) is 16.3 Å². The number of nitrogens with one attached hydrogen (secondary N) is 1. The summed E-state index contributed by atoms with van der Waals surface area (Å²) in [6, 6.07) is 5.76. The minimum atomic E-state index is 0.101. The SMILES string of the molecule is CC(C)Oc1ccc(-c2nnc(N3CCNCC3)s2)cc1Cl. The Labute approximate surface area is 139 Å². The van der Waals surface area contributed by atoms with Crippen LogP contribution in [0, 0.1) is 0 Å². The summed E-state index contributed by atoms with van der Waals surface area (Å²) in [5.74, 6) is 0.701. The number of piperazine rings is 1. The van der Waals surface area contributed by atoms with Gasteiger partial charge in [0.15, 0.2) is 0 Å². The van der Waals surface area contributed by atoms with E-state index >= 15 is 0 Å². The molecule has 1 N–H and O–H groups in total. The van der Waals surface area contributed by atoms with Gasteiger partial charge in [0, 0.05) is 31.7 Å². The summed E-state index contributed by atoms with van der Waals surface area (Å²) < 4.78 is 5.66. The Balaban J connectivity index is 1.79. The zero-order valence-electron chi connectivity index (χ0n) is 12.7. The van der Waals surface area contributed by atoms with Crippen LogP contribution < -0.4 is 15.0 Å². The molecule has 7 heteroatoms. The van der Waals surface area contributed by atoms with Crippen LogP contribution in [-0.2, 0) is 0 Å². The van der Waals surface area contributed by atoms with Crippen molar-refractivity contribution in [3.63, 3.8) is 0 Å². The summed E-state index contributed by atoms with van der Waals surface area (Å²) in [6.45, 7) is 7.88. The second kappa shape index (κ2) is 6.81. The highest BCUT2D eigenvalue weighted by molar-refractivity contribution is 7.18. The standard InChI is InChI=1S/C15H19ClN4OS/c1-10(2)21-13-4-3-11(9-12(13)16)14-18-19-15(22-14)20-7-5-17-6-8-20/h3-4,9-10,17H,5-8H2,1-2H3. The van der Waals surface area contributed by atoms with Gasteiger partial charge >= 0.3 is 0 Å². The van der Waals surface area contributed by atoms with Gasteiger partial charge in [-0.3, -0.25) is 0 Å². The summed E-state index contributed by atoms with van der Waals surface area (Å²) in [6.07, 6.45) is 0.101. The van der Waals surface area contributed by atoms with E-state index in [1.165, 1.54) is 0 Å². The van der Waals surface area contributed by atoms with Crippen molar-refractivity contribution >= 4 is 28.1 Å². The zero-order chi connectivity index (χ0) is 15.5. The largest absolute Gasteiger partial charge is 0.489 e. The average molecular weight is 339 g/mol. The molecular weight excluding hydrogens is 320 g/mol. The smallest absolute Gasteiger partial charge is 0.208 e. The lowest BCUT2D eigenvalue weighted by Crippen LogP contribution is -2.43. The second-order valence-electron chi connectivity index (χ2n) is 5.44. The molecular formula is C15H19ClN4OS. The Kier molecular flexibility index (Phi) is 4.81. The summed E-state index contributed by atoms with van der Waals surface area (Å²) in [4.78, 5) is 2.26. The first-order valence-electron chi connectivity index (χ1n) is 7.39. The first-order chi connectivity index (χ1) is 10.6. The van der Waals surface area contributed by atoms with E-state index in [0.29, 0.717) is 10.8 Å². The lowest BCUT2D eigenvalue weighted by Gasteiger charge is -2.26. The number of hydrogen-bond donors (Lipinski definition) is 1. The highest BCUT2D eigenvalue weighted by Gasteiger charge is 2.16. The maximum atomic E-state index is 6.29. The third-order valence-electron chi connectivity index (χ3n) is 3.34. The number of ether oxygens (including phenoxy) is 1. The van der Waals surface area contributed by atoms with Crippen molar-refractivity contribution in [2.75, 3.05) is 31.1 Å². The summed E-state index contributed by atoms with van der Waals surface area (Å²) in [7, 11) is 0. The van der Waals surface area contributed by atoms with Crippen molar-refractivity contribution in [2.45, 2.75) is 20.0 Å². The van der Waals surface area contributed by atoms with Crippen LogP contribution in [0.15, 0.2) is 18.2 Å². The molecule has 1 aromatic carbocycles. The zero-order valence-corrected chi connectivity index (χ0v) is 14.2. The van der Waals surface area contributed by atoms with E-state index in [2.05, 4.69) is 20.4 Å². The Morgan fingerprint density at radius 3 is 2.73 bits per heavy atom. The van der Waals surface area contributed by atoms with Crippen molar-refractivity contribution in [3.8, 4) is 16.3 Å². The predicted octanol–water partition coefficient (Wildman–Crippen LogP) is 3.06. The normalized spacial score (nSPS) is 15.4. The molecule has 3 rings (SSSR count). The molecule has 1 aliphatic rings. The molecule has 1 aromatic heterocycles. The molecule has 2 aromatic rings. The topological polar surface area (TPSA) is 50.3 Å². The fourth-order valence-corrected chi connectivity index (χ4v) is 3.42. The van der Waals surface area contributed by atoms with Crippen LogP contribution in [0.1, 0.15) is 13.8 Å². The number of benzene rings is 1. The number of hydrogen-bond acceptors (Lipinski definition) is 6. The van der Waals surface area contributed by atoms with E-state index in [9.17, 15) is 0 Å². The van der Waals surface area contributed by atoms with Gasteiger partial charge in [-0.05, 0) is 32.0 Å². The summed E-state index contributed by atoms with van der Waals surface area (Å²) >= 11 is 7.89. The molecule has 0 spiro atoms. The Bertz CT molecular complexity index is 640. The number of nitrogens with zero attached hydrogens (tertiary/aromatic N) is 3. The van der Waals surface area contributed by atoms with Gasteiger partial charge in [-0.15, -0.1) is 10.2 Å². The number of rotatable bonds is 4. The molecule has 2 heterocycles. The van der Waals surface area contributed by atoms with Gasteiger partial charge in [0.25, 0.3) is 0 Å². The highest BCUT2D eigenvalue weighted by Crippen LogP contribution is 2.34. The van der Waals surface area contributed by atoms with Gasteiger partial charge in [-0.1, -0.05) is 22.9 Å². The molecule has 1 aliphatic heterocycles. The van der Waals surface area contributed by atoms with Gasteiger partial charge in [-0.25, -0.2) is 0 Å². The van der Waals surface area contributed by atoms with Crippen LogP contribution in [-0.4, -0.2) is 42.5 Å². The Hall–Kier alpha value is -1.37. The molecule has 0 bridgehead atoms. The minimum Gasteiger partial charge on any atom is -0.489 e. The maximum absolute atomic E-state index is 6.29. The van der Waals surface area contributed by atoms with E-state index in [1.54, 1.807) is 11.3 Å². The third-order valence-corrected chi connectivity index (χ3v) is 4.67. The minimum absolute atomic E-state index is 0.101. The lowest BCUT2D eigenvalue weighted by atomic mass is 10.2. The maximum Gasteiger partial charge on any atom is 0.208 e. The number of halogens is 1. The average Bonchev–Trinajstić information content (AvgIpc) is 3.00. The van der Waals surface area contributed by atoms with Gasteiger partial charge in [0.1, 0.15) is 10.8 Å². The molecule has 0 unspecified atom stereocenters. The molecule has 118 valence electrons. The molecule has 1 saturated heterocycles. The summed E-state index contributed by atoms with van der Waals surface area (Å²) in [5, 5.41) is 14.4. The third kappa shape index (κ3) is 3.51. The van der Waals surface area contributed by atoms with Crippen molar-refractivity contribution in [2.24, 2.45) is 0 Å². The first-order valence-corrected chi connectivity index (χ1v) is 8.58. The van der Waals surface area contributed by atoms with E-state index in [-0.39, 0.29) is 6.10 Å². The lowest BCUT2D eigenvalue weighted by molar-refractivity contribution is 0.242. The van der Waals surface area contributed by atoms with Gasteiger partial charge < -0.3 is 15.0 Å². The molecule has 0 radical (unpaired) electrons. The molecule has 5 nitrogen and oxygen atoms in total. The number of aromatic nitrogens is 2. The van der Waals surface area contributed by atoms with Crippen LogP contribution in [0.5, 0.6) is 5.75 Å². The van der Waals surface area contributed by atoms with E-state index in [1.807, 2.05) is 32.0 Å². The van der Waals surface area contributed by atoms with Crippen molar-refractivity contribution < 1.29 is 4.74 Å². The van der Waals surface area contributed by atoms with Gasteiger partial charge in [0.05, 0.1) is 11.1 Å². The van der Waals surface area contributed by atoms with Gasteiger partial charge in [0.2, 0.25) is 5.13 Å². The van der Waals surface area contributed by atoms with Crippen LogP contribution >= 0.6 is 22.9 Å². The number of anilines is 1. The quantitative estimate of drug-likeness (QED) is 0.928. The molecule has 0 saturated carbocycles. The molecule has 22 heavy (non-hydrogen) atoms. The van der Waals surface area contributed by atoms with Crippen molar-refractivity contribution in [1.29, 1.82) is 0 Å². The monoisotopic (exact) mass is 338 g/mol. The van der Waals surface area contributed by atoms with Crippen LogP contribution in [0.2, 0.25) is 5.02 Å². The van der Waals surface area contributed by atoms with Crippen LogP contribution in [0.25, 0.3) is 10.6 Å². The first kappa shape index (κ1) is 15.5. The van der Waals surface area contributed by atoms with Crippen LogP contribution in [0.3, 0.4) is 0 Å². The predicted molar refractivity (Wildman–Crippen MR) is 91.2 cm³/mol. The highest BCUT2D eigenvalue weighted by atomic mass is 35.5. The Morgan fingerprint density at radius 1 is 1.27 bits per heavy atom. The molecule has 0 aliphatic carbocycles. The fraction of sp³-hybridized carbons (Fsp3) is 0.467. The van der Waals surface area contributed by atoms with Gasteiger partial charge in [-0.2, -0.15) is 0 Å². The molecule has 1 fully saturated rings. The van der Waals surface area contributed by atoms with E-state index < -0.39 is 0 Å². The van der Waals surface area contributed by atoms with E-state index in [0.717, 1.165) is 41.9 Å². The molecule has 0 amide bonds. The second-order valence-corrected chi connectivity index (χ2v) is 6.80. The molecule has 0 atom stereocenters. The fourth-order valence-electron chi connectivity index (χ4n) is 2.30. The summed E-state index contributed by atoms with van der Waals surface area (Å²) in [5.41, 5.74) is 0.972. The Morgan fingerprint density at radius 2 is 2.05 bits per heavy atom. The van der Waals surface area contributed by atoms with Crippen molar-refractivity contribution in [1.82, 2.24) is 15.5 Å².